The zero-order valence-corrected chi connectivity index (χ0v) is 81.7. The Bertz CT molecular complexity index is 6910. The lowest BCUT2D eigenvalue weighted by atomic mass is 9.89. The van der Waals surface area contributed by atoms with E-state index in [4.69, 9.17) is 48.4 Å². The van der Waals surface area contributed by atoms with Crippen molar-refractivity contribution in [3.05, 3.63) is 169 Å². The van der Waals surface area contributed by atoms with E-state index in [1.165, 1.54) is 12.4 Å². The van der Waals surface area contributed by atoms with Gasteiger partial charge in [-0.25, -0.2) is 39.9 Å². The number of methoxy groups -OCH3 is 2. The van der Waals surface area contributed by atoms with Gasteiger partial charge in [-0.1, -0.05) is 0 Å². The molecule has 0 unspecified atom stereocenters. The van der Waals surface area contributed by atoms with Crippen LogP contribution in [0.2, 0.25) is 0 Å². The third kappa shape index (κ3) is 19.4. The maximum Gasteiger partial charge on any atom is 0.257 e. The molecular weight excluding hydrogens is 1840 g/mol. The number of carbonyl (C=O) groups excluding carboxylic acids is 4. The van der Waals surface area contributed by atoms with E-state index in [1.807, 2.05) is 101 Å². The molecule has 10 N–H and O–H groups in total. The van der Waals surface area contributed by atoms with E-state index in [9.17, 15) is 29.4 Å². The summed E-state index contributed by atoms with van der Waals surface area (Å²) in [5.41, 5.74) is 14.0. The maximum absolute atomic E-state index is 13.2. The number of carbonyl (C=O) groups is 4. The number of nitrogens with zero attached hydrogens (tertiary/aromatic N) is 22. The van der Waals surface area contributed by atoms with Crippen molar-refractivity contribution in [3.63, 3.8) is 0 Å². The summed E-state index contributed by atoms with van der Waals surface area (Å²) in [6, 6.07) is 23.7. The number of ether oxygens (including phenoxy) is 6. The van der Waals surface area contributed by atoms with Crippen LogP contribution in [0.5, 0.6) is 0 Å². The van der Waals surface area contributed by atoms with Crippen LogP contribution in [0.25, 0.3) is 112 Å². The first-order valence-corrected chi connectivity index (χ1v) is 50.1. The molecule has 4 saturated heterocycles. The van der Waals surface area contributed by atoms with Gasteiger partial charge in [0.05, 0.1) is 148 Å². The van der Waals surface area contributed by atoms with E-state index in [-0.39, 0.29) is 72.1 Å². The van der Waals surface area contributed by atoms with Crippen LogP contribution in [0, 0.1) is 0 Å². The summed E-state index contributed by atoms with van der Waals surface area (Å²) in [6.07, 6.45) is 33.5. The highest BCUT2D eigenvalue weighted by atomic mass is 16.5. The zero-order chi connectivity index (χ0) is 98.6. The largest absolute Gasteiger partial charge is 0.391 e. The van der Waals surface area contributed by atoms with Crippen molar-refractivity contribution in [3.8, 4) is 45.0 Å². The summed E-state index contributed by atoms with van der Waals surface area (Å²) in [4.78, 5) is 95.8. The number of hydrogen-bond acceptors (Lipinski definition) is 30. The van der Waals surface area contributed by atoms with E-state index < -0.39 is 12.2 Å². The Balaban J connectivity index is 0.000000113. The van der Waals surface area contributed by atoms with E-state index in [2.05, 4.69) is 148 Å². The molecule has 10 atom stereocenters. The number of amides is 4. The van der Waals surface area contributed by atoms with Gasteiger partial charge in [-0.3, -0.25) is 29.0 Å². The normalized spacial score (nSPS) is 21.4. The van der Waals surface area contributed by atoms with Crippen molar-refractivity contribution in [2.24, 2.45) is 0 Å². The minimum atomic E-state index is -0.514. The molecule has 0 radical (unpaired) electrons. The quantitative estimate of drug-likeness (QED) is 0.0241. The van der Waals surface area contributed by atoms with Crippen LogP contribution in [-0.2, 0) is 41.5 Å². The molecule has 16 aromatic heterocycles. The molecule has 42 heteroatoms. The fourth-order valence-electron chi connectivity index (χ4n) is 21.0. The molecule has 4 aliphatic heterocycles. The van der Waals surface area contributed by atoms with Gasteiger partial charge < -0.3 is 99.4 Å². The van der Waals surface area contributed by atoms with E-state index in [0.717, 1.165) is 281 Å². The van der Waals surface area contributed by atoms with E-state index in [0.29, 0.717) is 70.9 Å². The van der Waals surface area contributed by atoms with Crippen molar-refractivity contribution in [1.82, 2.24) is 128 Å². The SMILES string of the molecule is CNc1cc(-c2cn(CCN3CCOCC3)c3ncccc23)nc2c(C(=O)N[C@@H]3CC[C@H]3OC)cnn12.CNc1cc(-c2cn(CCN3CCOCC3)c3ncccc23)nc2c(C(=O)N[C@H]3CC[C@@H]3OC)cnn12.CNc1cc(-c2cn([C@H]3CCCOC3)c3ncccc23)nc2c(C(=O)N[C@@H]3CCC[C@@H]3O)cnn12.CNc1cc(-c2cn([C@H]3CCCOC3)c3ncccc23)nc2c(C(=O)N[C@H]3CCC[C@H]3O)cnn12. The lowest BCUT2D eigenvalue weighted by Gasteiger charge is -2.35. The standard InChI is InChI=1S/2C26H32N8O3.2C25H29N7O3/c2*1-27-23-14-21(30-25-18(15-29-34(23)25)26(35)31-20-5-6-22(20)36-2)19-16-33(24-17(19)4-3-7-28-24)9-8-32-10-12-37-13-11-32;2*1-26-22-11-20(18-13-31(15-5-4-10-35-14-15)23-16(18)6-3-9-27-23)29-24-17(12-28-32(22)24)25(34)30-19-7-2-8-21(19)33/h2*3-4,7,14-16,20,22,27H,5-6,8-13H2,1-2H3,(H,31,35);2*3,6,9,11-13,15,19,21,26,33H,2,4-5,7-8,10,14H2,1H3,(H,30,34)/t2*20-,22-;15-,19+,21-;15-,19-,21+/m1000/s1. The van der Waals surface area contributed by atoms with Crippen LogP contribution in [0.4, 0.5) is 23.3 Å². The maximum atomic E-state index is 13.2. The second-order valence-electron chi connectivity index (χ2n) is 37.8. The second-order valence-corrected chi connectivity index (χ2v) is 37.8. The third-order valence-electron chi connectivity index (χ3n) is 29.3. The Morgan fingerprint density at radius 2 is 0.681 bits per heavy atom. The molecular formula is C102H122N30O12. The second kappa shape index (κ2) is 42.8. The summed E-state index contributed by atoms with van der Waals surface area (Å²) in [7, 11) is 10.7. The Hall–Kier alpha value is -14.1. The third-order valence-corrected chi connectivity index (χ3v) is 29.3. The first kappa shape index (κ1) is 96.1. The molecule has 42 nitrogen and oxygen atoms in total. The first-order valence-electron chi connectivity index (χ1n) is 50.1. The molecule has 144 heavy (non-hydrogen) atoms. The number of aromatic nitrogens is 20. The molecule has 8 aliphatic rings. The summed E-state index contributed by atoms with van der Waals surface area (Å²) < 4.78 is 48.7. The van der Waals surface area contributed by atoms with Crippen LogP contribution in [0.3, 0.4) is 0 Å². The molecule has 0 spiro atoms. The predicted octanol–water partition coefficient (Wildman–Crippen LogP) is 9.62. The Morgan fingerprint density at radius 1 is 0.361 bits per heavy atom. The van der Waals surface area contributed by atoms with Crippen LogP contribution in [0.15, 0.2) is 147 Å². The topological polar surface area (TPSA) is 459 Å². The fourth-order valence-corrected chi connectivity index (χ4v) is 21.0. The minimum absolute atomic E-state index is 0.00918. The molecule has 0 aromatic carbocycles. The molecule has 16 aromatic rings. The van der Waals surface area contributed by atoms with Crippen LogP contribution in [0.1, 0.15) is 143 Å². The van der Waals surface area contributed by atoms with Gasteiger partial charge in [-0.05, 0) is 138 Å². The van der Waals surface area contributed by atoms with E-state index >= 15 is 0 Å². The van der Waals surface area contributed by atoms with Gasteiger partial charge >= 0.3 is 0 Å². The highest BCUT2D eigenvalue weighted by Crippen LogP contribution is 2.41. The van der Waals surface area contributed by atoms with Gasteiger partial charge in [0.1, 0.15) is 68.1 Å². The van der Waals surface area contributed by atoms with Gasteiger partial charge in [-0.2, -0.15) is 38.5 Å². The molecule has 4 saturated carbocycles. The summed E-state index contributed by atoms with van der Waals surface area (Å²) >= 11 is 0. The molecule has 24 rings (SSSR count). The summed E-state index contributed by atoms with van der Waals surface area (Å²) in [6.45, 7) is 13.3. The first-order chi connectivity index (χ1) is 70.6. The monoisotopic (exact) mass is 1960 g/mol. The summed E-state index contributed by atoms with van der Waals surface area (Å²) in [5.74, 6) is 1.99. The zero-order valence-electron chi connectivity index (χ0n) is 81.7. The number of aliphatic hydroxyl groups is 2. The molecule has 4 amide bonds. The fraction of sp³-hybridized carbons (Fsp3) is 0.451. The van der Waals surface area contributed by atoms with Gasteiger partial charge in [0.25, 0.3) is 23.6 Å². The van der Waals surface area contributed by atoms with Gasteiger partial charge in [0.2, 0.25) is 0 Å². The van der Waals surface area contributed by atoms with Crippen LogP contribution < -0.4 is 42.5 Å². The highest BCUT2D eigenvalue weighted by Gasteiger charge is 2.38. The number of nitrogens with one attached hydrogen (secondary N) is 8. The average molecular weight is 1960 g/mol. The lowest BCUT2D eigenvalue weighted by Crippen LogP contribution is -2.51. The minimum Gasteiger partial charge on any atom is -0.391 e. The number of fused-ring (bicyclic) bond motifs is 8. The molecule has 752 valence electrons. The molecule has 0 bridgehead atoms. The molecule has 20 heterocycles. The number of pyridine rings is 4. The Labute approximate surface area is 828 Å². The van der Waals surface area contributed by atoms with Crippen molar-refractivity contribution in [2.75, 3.05) is 156 Å². The van der Waals surface area contributed by atoms with Gasteiger partial charge in [0.15, 0.2) is 22.6 Å². The van der Waals surface area contributed by atoms with Crippen LogP contribution >= 0.6 is 0 Å². The highest BCUT2D eigenvalue weighted by molar-refractivity contribution is 6.05. The number of anilines is 4. The molecule has 4 aliphatic carbocycles. The smallest absolute Gasteiger partial charge is 0.257 e. The van der Waals surface area contributed by atoms with E-state index in [1.54, 1.807) is 57.1 Å². The number of morpholine rings is 2. The number of rotatable bonds is 26. The Morgan fingerprint density at radius 3 is 0.972 bits per heavy atom. The average Bonchev–Trinajstić information content (AvgIpc) is 1.60. The number of aliphatic hydroxyl groups excluding tert-OH is 2. The predicted molar refractivity (Wildman–Crippen MR) is 543 cm³/mol. The number of hydrogen-bond donors (Lipinski definition) is 10. The lowest BCUT2D eigenvalue weighted by molar-refractivity contribution is 0.00731. The molecule has 8 fully saturated rings. The van der Waals surface area contributed by atoms with Crippen molar-refractivity contribution >= 4 is 114 Å². The van der Waals surface area contributed by atoms with Crippen molar-refractivity contribution in [2.45, 2.75) is 164 Å². The summed E-state index contributed by atoms with van der Waals surface area (Å²) in [5, 5.41) is 66.9. The Kier molecular flexibility index (Phi) is 28.6. The van der Waals surface area contributed by atoms with Crippen molar-refractivity contribution in [1.29, 1.82) is 0 Å². The van der Waals surface area contributed by atoms with Crippen LogP contribution in [-0.4, -0.2) is 323 Å². The van der Waals surface area contributed by atoms with Gasteiger partial charge in [0, 0.05) is 226 Å². The van der Waals surface area contributed by atoms with Crippen molar-refractivity contribution < 1.29 is 57.8 Å². The van der Waals surface area contributed by atoms with Gasteiger partial charge in [-0.15, -0.1) is 0 Å².